The first-order valence-electron chi connectivity index (χ1n) is 49.6. The van der Waals surface area contributed by atoms with Crippen LogP contribution in [0.15, 0.2) is 79.0 Å². The molecule has 4 aromatic rings. The van der Waals surface area contributed by atoms with Crippen molar-refractivity contribution in [3.63, 3.8) is 0 Å². The number of hydrogen-bond acceptors (Lipinski definition) is 33. The van der Waals surface area contributed by atoms with Crippen LogP contribution in [-0.4, -0.2) is 451 Å². The zero-order valence-electron chi connectivity index (χ0n) is 84.1. The van der Waals surface area contributed by atoms with E-state index in [0.717, 1.165) is 22.0 Å². The highest BCUT2D eigenvalue weighted by molar-refractivity contribution is 14.1. The Balaban J connectivity index is 0.923. The van der Waals surface area contributed by atoms with Gasteiger partial charge in [-0.15, -0.1) is 5.10 Å². The summed E-state index contributed by atoms with van der Waals surface area (Å²) in [6.45, 7) is 7.86. The minimum Gasteiger partial charge on any atom is -0.481 e. The molecule has 0 radical (unpaired) electrons. The normalized spacial score (nSPS) is 14.1. The molecule has 51 nitrogen and oxygen atoms in total. The molecule has 3 aromatic carbocycles. The average molecular weight is 2240 g/mol. The van der Waals surface area contributed by atoms with Gasteiger partial charge < -0.3 is 151 Å². The lowest BCUT2D eigenvalue weighted by Gasteiger charge is -2.37. The van der Waals surface area contributed by atoms with Crippen LogP contribution >= 0.6 is 34.8 Å². The topological polar surface area (TPSA) is 676 Å². The number of carboxylic acid groups (broad SMARTS) is 8. The standard InChI is InChI=1S/C96H148IN17O34S/c97-73-20-16-70(17-21-73)9-7-15-82(115)98-27-4-2-13-78(91(129)130)105-83(116)26-37-137-39-41-139-43-45-141-47-49-143-51-53-145-55-57-147-59-60-148-58-56-146-54-52-144-50-48-142-46-44-140-42-40-138-38-30-99-90(128)77(104-84(117)65-114-64-81(108-109-114)72-10-8-11-75(62-72)102-94(135)100-28-5-3-14-79(92(131)132)106-95(136)107-80(93(133)134)24-25-85(118)119)12-1-6-29-101-96(149)103-74-22-18-71(19-23-74)61-76-63-112(68-88(124)125)34-33-110(66-86(120)121)31-32-111(67-87(122)123)35-36-113(76)69-89(126)127/h8,10-11,16-23,62,64,76-80H,1-7,9,12-15,24-61,63,65-69H2,(H,98,115)(H,99,128)(H,104,117)(H,105,116)(H,118,119)(H,120,121)(H,122,123)(H,124,125)(H,126,127)(H,129,130)(H,131,132)(H,133,134)(H2,100,102,135)(H2,101,103,149)(H2,106,107,136)/t76?,77-,78-,79-,80-/m0/s1. The average Bonchev–Trinajstić information content (AvgIpc) is 1.71. The summed E-state index contributed by atoms with van der Waals surface area (Å²) < 4.78 is 69.2. The summed E-state index contributed by atoms with van der Waals surface area (Å²) in [6, 6.07) is 14.6. The van der Waals surface area contributed by atoms with Gasteiger partial charge in [0.15, 0.2) is 5.11 Å². The monoisotopic (exact) mass is 2240 g/mol. The van der Waals surface area contributed by atoms with Crippen molar-refractivity contribution in [3.8, 4) is 11.3 Å². The minimum atomic E-state index is -1.57. The van der Waals surface area contributed by atoms with E-state index in [0.29, 0.717) is 193 Å². The number of carboxylic acids is 8. The number of nitrogens with one attached hydrogen (secondary N) is 10. The number of aliphatic carboxylic acids is 8. The fourth-order valence-electron chi connectivity index (χ4n) is 14.6. The Hall–Kier alpha value is -11.2. The lowest BCUT2D eigenvalue weighted by molar-refractivity contribution is -0.142. The molecular formula is C96H148IN17O34S. The van der Waals surface area contributed by atoms with Crippen LogP contribution in [0.25, 0.3) is 11.3 Å². The fraction of sp³-hybridized carbons (Fsp3) is 0.635. The van der Waals surface area contributed by atoms with Gasteiger partial charge in [0.2, 0.25) is 23.6 Å². The number of ether oxygens (including phenoxy) is 12. The molecule has 1 fully saturated rings. The van der Waals surface area contributed by atoms with Gasteiger partial charge in [0.1, 0.15) is 36.4 Å². The summed E-state index contributed by atoms with van der Waals surface area (Å²) in [5.74, 6) is -11.3. The molecule has 1 aromatic heterocycles. The maximum atomic E-state index is 13.9. The second-order valence-corrected chi connectivity index (χ2v) is 35.8. The van der Waals surface area contributed by atoms with E-state index in [-0.39, 0.29) is 168 Å². The van der Waals surface area contributed by atoms with E-state index in [1.54, 1.807) is 56.0 Å². The molecule has 1 aliphatic rings. The van der Waals surface area contributed by atoms with E-state index in [4.69, 9.17) is 74.2 Å². The van der Waals surface area contributed by atoms with Gasteiger partial charge in [-0.25, -0.2) is 28.7 Å². The number of carbonyl (C=O) groups is 14. The number of unbranched alkanes of at least 4 members (excludes halogenated alkanes) is 3. The van der Waals surface area contributed by atoms with Gasteiger partial charge in [-0.1, -0.05) is 41.6 Å². The van der Waals surface area contributed by atoms with Gasteiger partial charge in [-0.3, -0.25) is 62.8 Å². The van der Waals surface area contributed by atoms with Crippen LogP contribution in [0.5, 0.6) is 0 Å². The first kappa shape index (κ1) is 128. The third-order valence-corrected chi connectivity index (χ3v) is 23.2. The minimum absolute atomic E-state index is 0.00571. The van der Waals surface area contributed by atoms with Crippen molar-refractivity contribution < 1.29 is 165 Å². The smallest absolute Gasteiger partial charge is 0.326 e. The number of aryl methyl sites for hydroxylation is 1. The molecule has 0 bridgehead atoms. The lowest BCUT2D eigenvalue weighted by atomic mass is 10.0. The van der Waals surface area contributed by atoms with Crippen molar-refractivity contribution in [1.82, 2.24) is 77.1 Å². The van der Waals surface area contributed by atoms with Crippen molar-refractivity contribution in [2.75, 3.05) is 267 Å². The zero-order valence-corrected chi connectivity index (χ0v) is 87.1. The zero-order chi connectivity index (χ0) is 108. The first-order valence-corrected chi connectivity index (χ1v) is 51.1. The van der Waals surface area contributed by atoms with E-state index in [1.807, 2.05) is 24.3 Å². The maximum absolute atomic E-state index is 13.9. The molecule has 1 aliphatic heterocycles. The highest BCUT2D eigenvalue weighted by Gasteiger charge is 2.31. The number of urea groups is 2. The van der Waals surface area contributed by atoms with Crippen molar-refractivity contribution in [1.29, 1.82) is 0 Å². The Morgan fingerprint density at radius 1 is 0.369 bits per heavy atom. The number of nitrogens with zero attached hydrogens (tertiary/aromatic N) is 7. The predicted octanol–water partition coefficient (Wildman–Crippen LogP) is 1.61. The van der Waals surface area contributed by atoms with Gasteiger partial charge in [-0.2, -0.15) is 0 Å². The Kier molecular flexibility index (Phi) is 68.6. The van der Waals surface area contributed by atoms with E-state index >= 15 is 0 Å². The van der Waals surface area contributed by atoms with Crippen LogP contribution in [0.2, 0.25) is 0 Å². The third kappa shape index (κ3) is 64.8. The molecular weight excluding hydrogens is 2090 g/mol. The number of thiocarbonyl (C=S) groups is 1. The van der Waals surface area contributed by atoms with Crippen LogP contribution in [0.1, 0.15) is 101 Å². The summed E-state index contributed by atoms with van der Waals surface area (Å²) in [6.07, 6.45) is 5.62. The molecule has 149 heavy (non-hydrogen) atoms. The van der Waals surface area contributed by atoms with Gasteiger partial charge in [0, 0.05) is 118 Å². The summed E-state index contributed by atoms with van der Waals surface area (Å²) in [7, 11) is 0. The number of benzene rings is 3. The highest BCUT2D eigenvalue weighted by atomic mass is 127. The molecule has 1 saturated heterocycles. The molecule has 1 unspecified atom stereocenters. The van der Waals surface area contributed by atoms with Crippen molar-refractivity contribution in [2.45, 2.75) is 139 Å². The third-order valence-electron chi connectivity index (χ3n) is 22.2. The van der Waals surface area contributed by atoms with Gasteiger partial charge >= 0.3 is 59.8 Å². The molecule has 18 N–H and O–H groups in total. The van der Waals surface area contributed by atoms with Crippen molar-refractivity contribution in [2.24, 2.45) is 0 Å². The molecule has 0 aliphatic carbocycles. The van der Waals surface area contributed by atoms with Crippen LogP contribution < -0.4 is 53.2 Å². The van der Waals surface area contributed by atoms with Crippen molar-refractivity contribution in [3.05, 3.63) is 93.7 Å². The fourth-order valence-corrected chi connectivity index (χ4v) is 15.2. The number of anilines is 2. The molecule has 2 heterocycles. The molecule has 0 saturated carbocycles. The number of aromatic nitrogens is 3. The second kappa shape index (κ2) is 79.8. The summed E-state index contributed by atoms with van der Waals surface area (Å²) >= 11 is 7.89. The van der Waals surface area contributed by atoms with Gasteiger partial charge in [-0.05, 0) is 166 Å². The van der Waals surface area contributed by atoms with Crippen LogP contribution in [0.4, 0.5) is 21.0 Å². The SMILES string of the molecule is O=C(O)CC[C@H](NC(=O)N[C@@H](CCCCNC(=O)Nc1cccc(-c2cn(CC(=O)N[C@@H](CCCCNC(=S)Nc3ccc(CC4CN(CC(=O)O)CCN(CC(=O)O)CCN(CC(=O)O)CCN4CC(=O)O)cc3)C(=O)NCCOCCOCCOCCOCCOCCOCCOCCOCCOCCOCCOCCOCCC(=O)N[C@@H](CCCCNC(=O)CCCc3ccc(I)cc3)C(=O)O)nn2)c1)C(=O)O)C(=O)O. The molecule has 53 heteroatoms. The molecule has 834 valence electrons. The summed E-state index contributed by atoms with van der Waals surface area (Å²) in [4.78, 5) is 178. The Labute approximate surface area is 883 Å². The predicted molar refractivity (Wildman–Crippen MR) is 549 cm³/mol. The number of hydrogen-bond donors (Lipinski definition) is 18. The number of carbonyl (C=O) groups excluding carboxylic acids is 6. The molecule has 0 spiro atoms. The van der Waals surface area contributed by atoms with Crippen LogP contribution in [-0.2, 0) is 134 Å². The maximum Gasteiger partial charge on any atom is 0.326 e. The summed E-state index contributed by atoms with van der Waals surface area (Å²) in [5, 5.41) is 112. The van der Waals surface area contributed by atoms with E-state index in [2.05, 4.69) is 98.2 Å². The Bertz CT molecular complexity index is 4580. The first-order chi connectivity index (χ1) is 71.9. The lowest BCUT2D eigenvalue weighted by Crippen LogP contribution is -2.53. The van der Waals surface area contributed by atoms with E-state index < -0.39 is 134 Å². The van der Waals surface area contributed by atoms with Crippen LogP contribution in [0, 0.1) is 3.57 Å². The molecule has 8 amide bonds. The van der Waals surface area contributed by atoms with Crippen molar-refractivity contribution >= 4 is 135 Å². The number of amides is 8. The Morgan fingerprint density at radius 2 is 0.799 bits per heavy atom. The van der Waals surface area contributed by atoms with Gasteiger partial charge in [0.05, 0.1) is 191 Å². The number of rotatable bonds is 84. The molecule has 5 atom stereocenters. The second-order valence-electron chi connectivity index (χ2n) is 34.1. The Morgan fingerprint density at radius 3 is 1.29 bits per heavy atom. The van der Waals surface area contributed by atoms with E-state index in [1.165, 1.54) is 16.4 Å². The number of halogens is 1. The summed E-state index contributed by atoms with van der Waals surface area (Å²) in [5.41, 5.74) is 3.72. The molecule has 5 rings (SSSR count). The highest BCUT2D eigenvalue weighted by Crippen LogP contribution is 2.22. The van der Waals surface area contributed by atoms with Crippen LogP contribution in [0.3, 0.4) is 0 Å². The van der Waals surface area contributed by atoms with E-state index in [9.17, 15) is 103 Å². The largest absolute Gasteiger partial charge is 0.481 e. The van der Waals surface area contributed by atoms with Gasteiger partial charge in [0.25, 0.3) is 0 Å². The quantitative estimate of drug-likeness (QED) is 0.0170.